The third-order valence-corrected chi connectivity index (χ3v) is 3.82. The van der Waals surface area contributed by atoms with E-state index in [4.69, 9.17) is 5.73 Å². The average Bonchev–Trinajstić information content (AvgIpc) is 2.94. The van der Waals surface area contributed by atoms with Crippen molar-refractivity contribution in [2.24, 2.45) is 5.73 Å². The molecule has 0 bridgehead atoms. The molecule has 92 valence electrons. The van der Waals surface area contributed by atoms with Crippen molar-refractivity contribution < 1.29 is 4.79 Å². The van der Waals surface area contributed by atoms with Crippen molar-refractivity contribution >= 4 is 16.7 Å². The molecule has 1 aliphatic rings. The quantitative estimate of drug-likeness (QED) is 0.553. The van der Waals surface area contributed by atoms with E-state index < -0.39 is 0 Å². The molecule has 4 rings (SSSR count). The number of nitrogens with two attached hydrogens (primary N) is 1. The van der Waals surface area contributed by atoms with Gasteiger partial charge < -0.3 is 10.3 Å². The Hall–Kier alpha value is -2.55. The van der Waals surface area contributed by atoms with Gasteiger partial charge in [-0.15, -0.1) is 0 Å². The average molecular weight is 248 g/mol. The summed E-state index contributed by atoms with van der Waals surface area (Å²) in [7, 11) is 0. The molecular weight excluding hydrogens is 236 g/mol. The summed E-state index contributed by atoms with van der Waals surface area (Å²) in [6, 6.07) is 14.0. The van der Waals surface area contributed by atoms with Crippen LogP contribution in [0.5, 0.6) is 0 Å². The van der Waals surface area contributed by atoms with Crippen LogP contribution < -0.4 is 5.73 Å². The first-order valence-corrected chi connectivity index (χ1v) is 6.26. The van der Waals surface area contributed by atoms with Gasteiger partial charge in [0, 0.05) is 40.3 Å². The molecule has 1 aromatic heterocycles. The maximum Gasteiger partial charge on any atom is 0.248 e. The largest absolute Gasteiger partial charge is 0.366 e. The highest BCUT2D eigenvalue weighted by atomic mass is 16.1. The van der Waals surface area contributed by atoms with E-state index in [1.165, 1.54) is 22.0 Å². The van der Waals surface area contributed by atoms with Crippen molar-refractivity contribution in [2.75, 3.05) is 0 Å². The lowest BCUT2D eigenvalue weighted by Gasteiger charge is -2.03. The molecule has 2 aromatic carbocycles. The van der Waals surface area contributed by atoms with Crippen molar-refractivity contribution in [3.8, 4) is 5.69 Å². The van der Waals surface area contributed by atoms with Crippen LogP contribution in [-0.4, -0.2) is 10.5 Å². The van der Waals surface area contributed by atoms with E-state index in [0.717, 1.165) is 12.1 Å². The molecule has 0 atom stereocenters. The predicted molar refractivity (Wildman–Crippen MR) is 74.6 cm³/mol. The second-order valence-corrected chi connectivity index (χ2v) is 4.92. The highest BCUT2D eigenvalue weighted by Gasteiger charge is 2.21. The molecule has 0 spiro atoms. The van der Waals surface area contributed by atoms with Crippen molar-refractivity contribution in [3.05, 3.63) is 65.5 Å². The highest BCUT2D eigenvalue weighted by Crippen LogP contribution is 2.34. The lowest BCUT2D eigenvalue weighted by molar-refractivity contribution is 0.100. The van der Waals surface area contributed by atoms with Crippen LogP contribution in [0, 0.1) is 0 Å². The molecule has 3 aromatic rings. The summed E-state index contributed by atoms with van der Waals surface area (Å²) in [5.74, 6) is -0.382. The molecule has 0 aliphatic carbocycles. The zero-order valence-corrected chi connectivity index (χ0v) is 10.3. The molecule has 0 radical (unpaired) electrons. The zero-order chi connectivity index (χ0) is 13.0. The van der Waals surface area contributed by atoms with Gasteiger partial charge in [-0.2, -0.15) is 0 Å². The van der Waals surface area contributed by atoms with Crippen LogP contribution in [-0.2, 0) is 6.42 Å². The monoisotopic (exact) mass is 248 g/mol. The van der Waals surface area contributed by atoms with Crippen molar-refractivity contribution in [1.29, 1.82) is 0 Å². The molecule has 0 fully saturated rings. The number of hydrogen-bond donors (Lipinski definition) is 1. The number of benzene rings is 2. The molecule has 0 unspecified atom stereocenters. The topological polar surface area (TPSA) is 48.0 Å². The first kappa shape index (κ1) is 10.4. The first-order valence-electron chi connectivity index (χ1n) is 6.26. The normalized spacial score (nSPS) is 12.4. The maximum atomic E-state index is 11.3. The van der Waals surface area contributed by atoms with Crippen LogP contribution in [0.1, 0.15) is 21.6 Å². The number of carbonyl (C=O) groups is 1. The summed E-state index contributed by atoms with van der Waals surface area (Å²) in [5, 5.41) is 2.51. The second-order valence-electron chi connectivity index (χ2n) is 4.92. The number of nitrogens with zero attached hydrogens (tertiary/aromatic N) is 1. The third kappa shape index (κ3) is 1.35. The minimum absolute atomic E-state index is 0.382. The van der Waals surface area contributed by atoms with Gasteiger partial charge in [0.15, 0.2) is 0 Å². The van der Waals surface area contributed by atoms with E-state index in [-0.39, 0.29) is 5.91 Å². The number of hydrogen-bond acceptors (Lipinski definition) is 1. The summed E-state index contributed by atoms with van der Waals surface area (Å²) < 4.78 is 2.17. The SMILES string of the molecule is NC(=O)c1ccc2c(c1)-n1cc3ccccc3c1C2. The number of carbonyl (C=O) groups excluding carboxylic acids is 1. The van der Waals surface area contributed by atoms with Gasteiger partial charge in [0.1, 0.15) is 0 Å². The van der Waals surface area contributed by atoms with E-state index in [1.54, 1.807) is 6.07 Å². The fourth-order valence-corrected chi connectivity index (χ4v) is 2.89. The second kappa shape index (κ2) is 3.48. The summed E-state index contributed by atoms with van der Waals surface area (Å²) >= 11 is 0. The molecule has 2 N–H and O–H groups in total. The minimum atomic E-state index is -0.382. The van der Waals surface area contributed by atoms with E-state index in [0.29, 0.717) is 5.56 Å². The van der Waals surface area contributed by atoms with E-state index in [9.17, 15) is 4.79 Å². The van der Waals surface area contributed by atoms with Crippen LogP contribution in [0.2, 0.25) is 0 Å². The lowest BCUT2D eigenvalue weighted by Crippen LogP contribution is -2.11. The number of fused-ring (bicyclic) bond motifs is 5. The van der Waals surface area contributed by atoms with Crippen LogP contribution in [0.4, 0.5) is 0 Å². The number of aromatic nitrogens is 1. The smallest absolute Gasteiger partial charge is 0.248 e. The molecule has 1 amide bonds. The Morgan fingerprint density at radius 2 is 2.00 bits per heavy atom. The highest BCUT2D eigenvalue weighted by molar-refractivity contribution is 5.94. The van der Waals surface area contributed by atoms with Crippen LogP contribution in [0.25, 0.3) is 16.5 Å². The Morgan fingerprint density at radius 1 is 1.16 bits per heavy atom. The van der Waals surface area contributed by atoms with Crippen molar-refractivity contribution in [3.63, 3.8) is 0 Å². The fraction of sp³-hybridized carbons (Fsp3) is 0.0625. The molecular formula is C16H12N2O. The van der Waals surface area contributed by atoms with Crippen LogP contribution >= 0.6 is 0 Å². The molecule has 3 heteroatoms. The van der Waals surface area contributed by atoms with E-state index in [2.05, 4.69) is 29.0 Å². The van der Waals surface area contributed by atoms with E-state index >= 15 is 0 Å². The van der Waals surface area contributed by atoms with Crippen LogP contribution in [0.3, 0.4) is 0 Å². The predicted octanol–water partition coefficient (Wildman–Crippen LogP) is 2.63. The van der Waals surface area contributed by atoms with Gasteiger partial charge in [0.05, 0.1) is 0 Å². The van der Waals surface area contributed by atoms with Gasteiger partial charge in [-0.1, -0.05) is 30.3 Å². The van der Waals surface area contributed by atoms with Gasteiger partial charge in [-0.25, -0.2) is 0 Å². The Kier molecular flexibility index (Phi) is 1.90. The summed E-state index contributed by atoms with van der Waals surface area (Å²) in [6.45, 7) is 0. The first-order chi connectivity index (χ1) is 9.24. The molecule has 1 aliphatic heterocycles. The third-order valence-electron chi connectivity index (χ3n) is 3.82. The zero-order valence-electron chi connectivity index (χ0n) is 10.3. The van der Waals surface area contributed by atoms with Gasteiger partial charge in [0.25, 0.3) is 0 Å². The van der Waals surface area contributed by atoms with E-state index in [1.807, 2.05) is 18.2 Å². The Morgan fingerprint density at radius 3 is 2.84 bits per heavy atom. The Labute approximate surface area is 110 Å². The maximum absolute atomic E-state index is 11.3. The molecule has 0 saturated carbocycles. The summed E-state index contributed by atoms with van der Waals surface area (Å²) in [4.78, 5) is 11.3. The molecule has 2 heterocycles. The van der Waals surface area contributed by atoms with Gasteiger partial charge in [0.2, 0.25) is 5.91 Å². The Balaban J connectivity index is 2.00. The van der Waals surface area contributed by atoms with Crippen LogP contribution in [0.15, 0.2) is 48.7 Å². The fourth-order valence-electron chi connectivity index (χ4n) is 2.89. The van der Waals surface area contributed by atoms with Gasteiger partial charge in [-0.3, -0.25) is 4.79 Å². The number of rotatable bonds is 1. The molecule has 3 nitrogen and oxygen atoms in total. The molecule has 19 heavy (non-hydrogen) atoms. The summed E-state index contributed by atoms with van der Waals surface area (Å²) in [5.41, 5.74) is 9.51. The standard InChI is InChI=1S/C16H12N2O/c17-16(19)11-6-5-10-7-15-13-4-2-1-3-12(13)9-18(15)14(10)8-11/h1-6,8-9H,7H2,(H2,17,19). The van der Waals surface area contributed by atoms with Crippen molar-refractivity contribution in [2.45, 2.75) is 6.42 Å². The Bertz CT molecular complexity index is 830. The number of primary amides is 1. The van der Waals surface area contributed by atoms with Gasteiger partial charge in [-0.05, 0) is 17.7 Å². The van der Waals surface area contributed by atoms with Gasteiger partial charge >= 0.3 is 0 Å². The lowest BCUT2D eigenvalue weighted by atomic mass is 10.1. The van der Waals surface area contributed by atoms with Crippen molar-refractivity contribution in [1.82, 2.24) is 4.57 Å². The summed E-state index contributed by atoms with van der Waals surface area (Å²) in [6.07, 6.45) is 3.03. The molecule has 0 saturated heterocycles. The minimum Gasteiger partial charge on any atom is -0.366 e. The number of amides is 1.